The Morgan fingerprint density at radius 2 is 1.88 bits per heavy atom. The van der Waals surface area contributed by atoms with Crippen molar-refractivity contribution in [1.29, 1.82) is 0 Å². The summed E-state index contributed by atoms with van der Waals surface area (Å²) in [7, 11) is 2.18. The van der Waals surface area contributed by atoms with E-state index in [1.54, 1.807) is 0 Å². The number of fused-ring (bicyclic) bond motifs is 1. The van der Waals surface area contributed by atoms with E-state index < -0.39 is 0 Å². The van der Waals surface area contributed by atoms with Crippen LogP contribution < -0.4 is 5.32 Å². The highest BCUT2D eigenvalue weighted by molar-refractivity contribution is 5.86. The van der Waals surface area contributed by atoms with Gasteiger partial charge in [0.25, 0.3) is 0 Å². The van der Waals surface area contributed by atoms with Gasteiger partial charge in [-0.15, -0.1) is 0 Å². The molecule has 3 aromatic rings. The Bertz CT molecular complexity index is 1190. The van der Waals surface area contributed by atoms with E-state index >= 15 is 0 Å². The van der Waals surface area contributed by atoms with Crippen molar-refractivity contribution in [1.82, 2.24) is 24.4 Å². The van der Waals surface area contributed by atoms with Crippen molar-refractivity contribution in [3.63, 3.8) is 0 Å². The van der Waals surface area contributed by atoms with Crippen LogP contribution in [0.4, 0.5) is 5.69 Å². The number of aromatic nitrogens is 4. The van der Waals surface area contributed by atoms with E-state index in [4.69, 9.17) is 4.98 Å². The van der Waals surface area contributed by atoms with E-state index in [0.717, 1.165) is 76.7 Å². The molecule has 1 aliphatic rings. The molecular weight excluding hydrogens is 408 g/mol. The Morgan fingerprint density at radius 3 is 2.55 bits per heavy atom. The second kappa shape index (κ2) is 9.48. The maximum Gasteiger partial charge on any atom is 0.177 e. The van der Waals surface area contributed by atoms with Gasteiger partial charge < -0.3 is 14.8 Å². The molecule has 1 saturated heterocycles. The molecule has 0 amide bonds. The third-order valence-electron chi connectivity index (χ3n) is 6.73. The van der Waals surface area contributed by atoms with Gasteiger partial charge in [0.05, 0.1) is 17.4 Å². The molecule has 4 heterocycles. The molecule has 3 aromatic heterocycles. The van der Waals surface area contributed by atoms with E-state index in [1.807, 2.05) is 19.3 Å². The molecule has 1 aliphatic heterocycles. The third kappa shape index (κ3) is 4.71. The van der Waals surface area contributed by atoms with Gasteiger partial charge in [0, 0.05) is 40.7 Å². The van der Waals surface area contributed by atoms with Crippen molar-refractivity contribution < 1.29 is 0 Å². The molecular formula is C27H36N6. The number of hydrogen-bond donors (Lipinski definition) is 1. The number of anilines is 1. The van der Waals surface area contributed by atoms with Crippen molar-refractivity contribution >= 4 is 22.4 Å². The highest BCUT2D eigenvalue weighted by Gasteiger charge is 2.20. The summed E-state index contributed by atoms with van der Waals surface area (Å²) >= 11 is 0. The van der Waals surface area contributed by atoms with Crippen molar-refractivity contribution in [2.45, 2.75) is 53.5 Å². The summed E-state index contributed by atoms with van der Waals surface area (Å²) in [5.41, 5.74) is 8.21. The fourth-order valence-corrected chi connectivity index (χ4v) is 4.89. The smallest absolute Gasteiger partial charge is 0.177 e. The molecule has 4 rings (SSSR count). The number of allylic oxidation sites excluding steroid dienone is 2. The van der Waals surface area contributed by atoms with Gasteiger partial charge in [-0.2, -0.15) is 0 Å². The average Bonchev–Trinajstić information content (AvgIpc) is 3.12. The molecule has 0 saturated carbocycles. The number of aryl methyl sites for hydroxylation is 2. The minimum absolute atomic E-state index is 0.322. The monoisotopic (exact) mass is 444 g/mol. The van der Waals surface area contributed by atoms with Gasteiger partial charge >= 0.3 is 0 Å². The number of piperidine rings is 1. The first-order valence-electron chi connectivity index (χ1n) is 11.9. The van der Waals surface area contributed by atoms with Crippen molar-refractivity contribution in [3.05, 3.63) is 65.5 Å². The predicted octanol–water partition coefficient (Wildman–Crippen LogP) is 5.74. The van der Waals surface area contributed by atoms with Gasteiger partial charge in [0.2, 0.25) is 0 Å². The number of hydrogen-bond acceptors (Lipinski definition) is 5. The summed E-state index contributed by atoms with van der Waals surface area (Å²) in [6, 6.07) is 4.71. The van der Waals surface area contributed by atoms with Gasteiger partial charge in [-0.25, -0.2) is 9.97 Å². The van der Waals surface area contributed by atoms with E-state index in [1.165, 1.54) is 0 Å². The van der Waals surface area contributed by atoms with Gasteiger partial charge in [-0.1, -0.05) is 12.7 Å². The molecule has 174 valence electrons. The predicted molar refractivity (Wildman–Crippen MR) is 137 cm³/mol. The number of nitrogens with one attached hydrogen (secondary N) is 1. The molecule has 6 heteroatoms. The van der Waals surface area contributed by atoms with Crippen molar-refractivity contribution in [2.75, 3.05) is 25.5 Å². The lowest BCUT2D eigenvalue weighted by molar-refractivity contribution is 0.239. The van der Waals surface area contributed by atoms with Crippen LogP contribution in [0.3, 0.4) is 0 Å². The van der Waals surface area contributed by atoms with Gasteiger partial charge in [0.15, 0.2) is 5.65 Å². The number of nitrogens with zero attached hydrogens (tertiary/aromatic N) is 5. The second-order valence-corrected chi connectivity index (χ2v) is 9.48. The molecule has 1 N–H and O–H groups in total. The molecule has 0 unspecified atom stereocenters. The molecule has 0 spiro atoms. The number of likely N-dealkylation sites (tertiary alicyclic amines) is 1. The normalized spacial score (nSPS) is 16.0. The molecule has 0 atom stereocenters. The van der Waals surface area contributed by atoms with E-state index in [2.05, 4.69) is 84.3 Å². The molecule has 1 fully saturated rings. The maximum atomic E-state index is 4.71. The molecule has 0 aromatic carbocycles. The minimum atomic E-state index is 0.322. The van der Waals surface area contributed by atoms with Crippen LogP contribution in [-0.2, 0) is 0 Å². The first-order valence-corrected chi connectivity index (χ1v) is 11.9. The minimum Gasteiger partial charge on any atom is -0.358 e. The van der Waals surface area contributed by atoms with Gasteiger partial charge in [-0.3, -0.25) is 4.98 Å². The van der Waals surface area contributed by atoms with Crippen LogP contribution in [0.1, 0.15) is 62.3 Å². The van der Waals surface area contributed by atoms with Crippen molar-refractivity contribution in [2.24, 2.45) is 5.92 Å². The van der Waals surface area contributed by atoms with Crippen LogP contribution >= 0.6 is 0 Å². The second-order valence-electron chi connectivity index (χ2n) is 9.48. The average molecular weight is 445 g/mol. The maximum absolute atomic E-state index is 4.71. The number of rotatable bonds is 6. The van der Waals surface area contributed by atoms with Crippen LogP contribution in [0.25, 0.3) is 16.7 Å². The van der Waals surface area contributed by atoms with E-state index in [0.29, 0.717) is 12.0 Å². The summed E-state index contributed by atoms with van der Waals surface area (Å²) < 4.78 is 2.24. The van der Waals surface area contributed by atoms with Crippen LogP contribution in [0.2, 0.25) is 0 Å². The number of imidazole rings is 1. The van der Waals surface area contributed by atoms with Crippen LogP contribution in [0.15, 0.2) is 42.9 Å². The Balaban J connectivity index is 1.65. The first-order chi connectivity index (χ1) is 15.8. The Labute approximate surface area is 197 Å². The van der Waals surface area contributed by atoms with E-state index in [9.17, 15) is 0 Å². The third-order valence-corrected chi connectivity index (χ3v) is 6.73. The van der Waals surface area contributed by atoms with Crippen molar-refractivity contribution in [3.8, 4) is 0 Å². The fraction of sp³-hybridized carbons (Fsp3) is 0.444. The SMILES string of the molecule is C=C(Nc1cnc(C)c(/C(=C\C)c2cnc3nc(C)n(C(C)C)c3c2)c1)C1CCN(C)CC1. The molecule has 0 bridgehead atoms. The lowest BCUT2D eigenvalue weighted by Gasteiger charge is -2.30. The summed E-state index contributed by atoms with van der Waals surface area (Å²) in [4.78, 5) is 16.4. The quantitative estimate of drug-likeness (QED) is 0.525. The molecule has 33 heavy (non-hydrogen) atoms. The largest absolute Gasteiger partial charge is 0.358 e. The Hall–Kier alpha value is -2.99. The standard InChI is InChI=1S/C27H36N6/c1-8-24(22-13-26-27(29-15-22)31-20(6)33(26)17(2)3)25-14-23(16-28-19(25)5)30-18(4)21-9-11-32(7)12-10-21/h8,13-17,21,30H,4,9-12H2,1-3,5-7H3/b24-8-. The molecule has 0 radical (unpaired) electrons. The van der Waals surface area contributed by atoms with Crippen LogP contribution in [0.5, 0.6) is 0 Å². The zero-order chi connectivity index (χ0) is 23.7. The Morgan fingerprint density at radius 1 is 1.15 bits per heavy atom. The zero-order valence-corrected chi connectivity index (χ0v) is 20.8. The van der Waals surface area contributed by atoms with Gasteiger partial charge in [0.1, 0.15) is 5.82 Å². The fourth-order valence-electron chi connectivity index (χ4n) is 4.89. The zero-order valence-electron chi connectivity index (χ0n) is 20.8. The lowest BCUT2D eigenvalue weighted by Crippen LogP contribution is -2.31. The lowest BCUT2D eigenvalue weighted by atomic mass is 9.94. The summed E-state index contributed by atoms with van der Waals surface area (Å²) in [6.07, 6.45) is 8.26. The van der Waals surface area contributed by atoms with E-state index in [-0.39, 0.29) is 0 Å². The highest BCUT2D eigenvalue weighted by atomic mass is 15.1. The topological polar surface area (TPSA) is 58.9 Å². The Kier molecular flexibility index (Phi) is 6.66. The first kappa shape index (κ1) is 23.2. The van der Waals surface area contributed by atoms with Crippen LogP contribution in [0, 0.1) is 19.8 Å². The highest BCUT2D eigenvalue weighted by Crippen LogP contribution is 2.31. The number of pyridine rings is 2. The molecule has 0 aliphatic carbocycles. The summed E-state index contributed by atoms with van der Waals surface area (Å²) in [5.74, 6) is 1.49. The van der Waals surface area contributed by atoms with Crippen LogP contribution in [-0.4, -0.2) is 44.6 Å². The summed E-state index contributed by atoms with van der Waals surface area (Å²) in [5, 5.41) is 3.55. The van der Waals surface area contributed by atoms with Gasteiger partial charge in [-0.05, 0) is 85.3 Å². The summed E-state index contributed by atoms with van der Waals surface area (Å²) in [6.45, 7) is 17.1. The molecule has 6 nitrogen and oxygen atoms in total.